The fraction of sp³-hybridized carbons (Fsp3) is 0.143. The van der Waals surface area contributed by atoms with Crippen LogP contribution in [-0.2, 0) is 6.54 Å². The minimum atomic E-state index is 0.715. The van der Waals surface area contributed by atoms with Crippen LogP contribution >= 0.6 is 34.2 Å². The first-order valence-electron chi connectivity index (χ1n) is 5.55. The molecule has 18 heavy (non-hydrogen) atoms. The van der Waals surface area contributed by atoms with E-state index in [0.717, 1.165) is 27.2 Å². The summed E-state index contributed by atoms with van der Waals surface area (Å²) in [6, 6.07) is 13.6. The zero-order valence-electron chi connectivity index (χ0n) is 9.91. The highest BCUT2D eigenvalue weighted by atomic mass is 127. The van der Waals surface area contributed by atoms with Crippen LogP contribution in [0.3, 0.4) is 0 Å². The Morgan fingerprint density at radius 1 is 1.17 bits per heavy atom. The molecule has 0 aromatic heterocycles. The molecular weight excluding hydrogens is 361 g/mol. The summed E-state index contributed by atoms with van der Waals surface area (Å²) < 4.78 is 6.91. The van der Waals surface area contributed by atoms with Crippen molar-refractivity contribution >= 4 is 34.2 Å². The Balaban J connectivity index is 2.17. The molecule has 0 amide bonds. The third-order valence-electron chi connectivity index (χ3n) is 2.42. The maximum atomic E-state index is 6.18. The lowest BCUT2D eigenvalue weighted by molar-refractivity contribution is 0.482. The van der Waals surface area contributed by atoms with Gasteiger partial charge < -0.3 is 10.1 Å². The van der Waals surface area contributed by atoms with Gasteiger partial charge in [0.1, 0.15) is 11.5 Å². The minimum Gasteiger partial charge on any atom is -0.457 e. The molecule has 2 nitrogen and oxygen atoms in total. The number of hydrogen-bond acceptors (Lipinski definition) is 2. The van der Waals surface area contributed by atoms with Gasteiger partial charge >= 0.3 is 0 Å². The van der Waals surface area contributed by atoms with E-state index < -0.39 is 0 Å². The van der Waals surface area contributed by atoms with Crippen LogP contribution in [-0.4, -0.2) is 7.05 Å². The van der Waals surface area contributed by atoms with Gasteiger partial charge in [0.05, 0.1) is 0 Å². The maximum absolute atomic E-state index is 6.18. The Kier molecular flexibility index (Phi) is 4.86. The van der Waals surface area contributed by atoms with Crippen molar-refractivity contribution in [2.45, 2.75) is 6.54 Å². The zero-order valence-corrected chi connectivity index (χ0v) is 12.8. The second-order valence-electron chi connectivity index (χ2n) is 3.84. The molecular formula is C14H13ClINO. The number of rotatable bonds is 4. The van der Waals surface area contributed by atoms with Crippen LogP contribution in [0, 0.1) is 3.57 Å². The highest BCUT2D eigenvalue weighted by molar-refractivity contribution is 14.1. The average Bonchev–Trinajstić information content (AvgIpc) is 2.33. The molecule has 0 aliphatic rings. The third-order valence-corrected chi connectivity index (χ3v) is 3.45. The van der Waals surface area contributed by atoms with Crippen molar-refractivity contribution in [1.82, 2.24) is 5.32 Å². The second kappa shape index (κ2) is 6.41. The Morgan fingerprint density at radius 3 is 2.61 bits per heavy atom. The first kappa shape index (κ1) is 13.6. The van der Waals surface area contributed by atoms with Gasteiger partial charge in [-0.05, 0) is 65.5 Å². The quantitative estimate of drug-likeness (QED) is 0.799. The summed E-state index contributed by atoms with van der Waals surface area (Å²) in [6.07, 6.45) is 0. The molecule has 0 aliphatic carbocycles. The minimum absolute atomic E-state index is 0.715. The lowest BCUT2D eigenvalue weighted by Crippen LogP contribution is -2.05. The molecule has 0 aliphatic heterocycles. The smallest absolute Gasteiger partial charge is 0.128 e. The fourth-order valence-corrected chi connectivity index (χ4v) is 2.34. The van der Waals surface area contributed by atoms with Gasteiger partial charge in [0.15, 0.2) is 0 Å². The number of halogens is 2. The van der Waals surface area contributed by atoms with Crippen LogP contribution in [0.25, 0.3) is 0 Å². The lowest BCUT2D eigenvalue weighted by Gasteiger charge is -2.09. The van der Waals surface area contributed by atoms with E-state index >= 15 is 0 Å². The van der Waals surface area contributed by atoms with Crippen molar-refractivity contribution in [2.24, 2.45) is 0 Å². The summed E-state index contributed by atoms with van der Waals surface area (Å²) >= 11 is 8.44. The number of hydrogen-bond donors (Lipinski definition) is 1. The van der Waals surface area contributed by atoms with Gasteiger partial charge in [0.2, 0.25) is 0 Å². The van der Waals surface area contributed by atoms with Gasteiger partial charge in [0, 0.05) is 15.1 Å². The summed E-state index contributed by atoms with van der Waals surface area (Å²) in [5, 5.41) is 3.79. The molecule has 2 aromatic rings. The molecule has 0 fully saturated rings. The predicted octanol–water partition coefficient (Wildman–Crippen LogP) is 4.46. The Labute approximate surface area is 125 Å². The lowest BCUT2D eigenvalue weighted by atomic mass is 10.2. The van der Waals surface area contributed by atoms with E-state index in [1.54, 1.807) is 0 Å². The fourth-order valence-electron chi connectivity index (χ4n) is 1.59. The van der Waals surface area contributed by atoms with Crippen LogP contribution in [0.2, 0.25) is 5.02 Å². The summed E-state index contributed by atoms with van der Waals surface area (Å²) in [4.78, 5) is 0. The van der Waals surface area contributed by atoms with Gasteiger partial charge in [-0.1, -0.05) is 23.7 Å². The number of benzene rings is 2. The van der Waals surface area contributed by atoms with E-state index in [1.165, 1.54) is 0 Å². The highest BCUT2D eigenvalue weighted by Gasteiger charge is 2.03. The molecule has 0 bridgehead atoms. The molecule has 4 heteroatoms. The monoisotopic (exact) mass is 373 g/mol. The van der Waals surface area contributed by atoms with E-state index in [0.29, 0.717) is 5.02 Å². The summed E-state index contributed by atoms with van der Waals surface area (Å²) in [5.74, 6) is 1.57. The van der Waals surface area contributed by atoms with Gasteiger partial charge in [-0.2, -0.15) is 0 Å². The van der Waals surface area contributed by atoms with Crippen LogP contribution < -0.4 is 10.1 Å². The topological polar surface area (TPSA) is 21.3 Å². The van der Waals surface area contributed by atoms with E-state index in [2.05, 4.69) is 27.9 Å². The molecule has 0 atom stereocenters. The van der Waals surface area contributed by atoms with Crippen molar-refractivity contribution in [3.63, 3.8) is 0 Å². The van der Waals surface area contributed by atoms with Crippen LogP contribution in [0.5, 0.6) is 11.5 Å². The number of ether oxygens (including phenoxy) is 1. The SMILES string of the molecule is CNCc1ccc(Oc2cccc(I)c2)cc1Cl. The molecule has 2 aromatic carbocycles. The molecule has 0 spiro atoms. The predicted molar refractivity (Wildman–Crippen MR) is 83.4 cm³/mol. The molecule has 0 radical (unpaired) electrons. The normalized spacial score (nSPS) is 10.4. The first-order valence-corrected chi connectivity index (χ1v) is 7.01. The Hall–Kier alpha value is -0.780. The van der Waals surface area contributed by atoms with Gasteiger partial charge in [-0.25, -0.2) is 0 Å². The van der Waals surface area contributed by atoms with Crippen molar-refractivity contribution in [3.8, 4) is 11.5 Å². The van der Waals surface area contributed by atoms with Gasteiger partial charge in [0.25, 0.3) is 0 Å². The van der Waals surface area contributed by atoms with Crippen LogP contribution in [0.15, 0.2) is 42.5 Å². The van der Waals surface area contributed by atoms with Crippen molar-refractivity contribution < 1.29 is 4.74 Å². The van der Waals surface area contributed by atoms with Crippen molar-refractivity contribution in [3.05, 3.63) is 56.6 Å². The van der Waals surface area contributed by atoms with E-state index in [-0.39, 0.29) is 0 Å². The zero-order chi connectivity index (χ0) is 13.0. The molecule has 0 unspecified atom stereocenters. The largest absolute Gasteiger partial charge is 0.457 e. The van der Waals surface area contributed by atoms with Crippen LogP contribution in [0.1, 0.15) is 5.56 Å². The molecule has 0 saturated heterocycles. The Morgan fingerprint density at radius 2 is 1.94 bits per heavy atom. The van der Waals surface area contributed by atoms with E-state index in [1.807, 2.05) is 49.5 Å². The Bertz CT molecular complexity index is 545. The molecule has 1 N–H and O–H groups in total. The highest BCUT2D eigenvalue weighted by Crippen LogP contribution is 2.27. The first-order chi connectivity index (χ1) is 8.69. The summed E-state index contributed by atoms with van der Waals surface area (Å²) in [5.41, 5.74) is 1.06. The molecule has 94 valence electrons. The third kappa shape index (κ3) is 3.60. The van der Waals surface area contributed by atoms with Crippen LogP contribution in [0.4, 0.5) is 0 Å². The second-order valence-corrected chi connectivity index (χ2v) is 5.50. The number of nitrogens with one attached hydrogen (secondary N) is 1. The molecule has 0 heterocycles. The maximum Gasteiger partial charge on any atom is 0.128 e. The van der Waals surface area contributed by atoms with Crippen molar-refractivity contribution in [2.75, 3.05) is 7.05 Å². The molecule has 0 saturated carbocycles. The van der Waals surface area contributed by atoms with E-state index in [4.69, 9.17) is 16.3 Å². The summed E-state index contributed by atoms with van der Waals surface area (Å²) in [7, 11) is 1.90. The average molecular weight is 374 g/mol. The standard InChI is InChI=1S/C14H13ClINO/c1-17-9-10-5-6-13(8-14(10)15)18-12-4-2-3-11(16)7-12/h2-8,17H,9H2,1H3. The van der Waals surface area contributed by atoms with Gasteiger partial charge in [-0.3, -0.25) is 0 Å². The molecule has 2 rings (SSSR count). The summed E-state index contributed by atoms with van der Waals surface area (Å²) in [6.45, 7) is 0.752. The van der Waals surface area contributed by atoms with E-state index in [9.17, 15) is 0 Å². The van der Waals surface area contributed by atoms with Crippen molar-refractivity contribution in [1.29, 1.82) is 0 Å². The van der Waals surface area contributed by atoms with Gasteiger partial charge in [-0.15, -0.1) is 0 Å².